The molecule has 1 rings (SSSR count). The largest absolute Gasteiger partial charge is 0.508 e. The summed E-state index contributed by atoms with van der Waals surface area (Å²) in [5.41, 5.74) is 0.176. The maximum absolute atomic E-state index is 12.0. The Morgan fingerprint density at radius 3 is 2.57 bits per heavy atom. The number of benzene rings is 1. The van der Waals surface area contributed by atoms with Crippen molar-refractivity contribution in [1.29, 1.82) is 0 Å². The molecule has 1 unspecified atom stereocenters. The third kappa shape index (κ3) is 6.04. The number of carboxylic acids is 1. The minimum absolute atomic E-state index is 0.00618. The second kappa shape index (κ2) is 7.88. The van der Waals surface area contributed by atoms with Gasteiger partial charge in [0.05, 0.1) is 10.6 Å². The van der Waals surface area contributed by atoms with E-state index in [1.165, 1.54) is 18.2 Å². The van der Waals surface area contributed by atoms with Crippen molar-refractivity contribution >= 4 is 23.5 Å². The fourth-order valence-electron chi connectivity index (χ4n) is 2.17. The van der Waals surface area contributed by atoms with Crippen molar-refractivity contribution in [2.24, 2.45) is 11.8 Å². The molecule has 116 valence electrons. The highest BCUT2D eigenvalue weighted by Crippen LogP contribution is 2.21. The SMILES string of the molecule is CC(C)CC(CNC(=O)c1cc(O)ccc1Cl)CC(=O)O. The van der Waals surface area contributed by atoms with Gasteiger partial charge >= 0.3 is 5.97 Å². The topological polar surface area (TPSA) is 86.6 Å². The average Bonchev–Trinajstić information content (AvgIpc) is 2.37. The number of nitrogens with one attached hydrogen (secondary N) is 1. The molecule has 1 aromatic carbocycles. The first-order valence-corrected chi connectivity index (χ1v) is 7.16. The van der Waals surface area contributed by atoms with E-state index in [0.717, 1.165) is 0 Å². The lowest BCUT2D eigenvalue weighted by Gasteiger charge is -2.18. The summed E-state index contributed by atoms with van der Waals surface area (Å²) in [7, 11) is 0. The molecule has 0 bridgehead atoms. The van der Waals surface area contributed by atoms with Gasteiger partial charge in [-0.15, -0.1) is 0 Å². The summed E-state index contributed by atoms with van der Waals surface area (Å²) in [6.07, 6.45) is 0.715. The second-order valence-electron chi connectivity index (χ2n) is 5.47. The predicted octanol–water partition coefficient (Wildman–Crippen LogP) is 2.91. The van der Waals surface area contributed by atoms with E-state index < -0.39 is 11.9 Å². The van der Waals surface area contributed by atoms with E-state index in [-0.39, 0.29) is 35.2 Å². The Hall–Kier alpha value is -1.75. The molecule has 0 spiro atoms. The van der Waals surface area contributed by atoms with Crippen LogP contribution in [0.25, 0.3) is 0 Å². The summed E-state index contributed by atoms with van der Waals surface area (Å²) < 4.78 is 0. The van der Waals surface area contributed by atoms with Crippen LogP contribution in [-0.2, 0) is 4.79 Å². The van der Waals surface area contributed by atoms with Gasteiger partial charge in [0.2, 0.25) is 0 Å². The monoisotopic (exact) mass is 313 g/mol. The van der Waals surface area contributed by atoms with Crippen molar-refractivity contribution in [3.05, 3.63) is 28.8 Å². The van der Waals surface area contributed by atoms with Crippen LogP contribution < -0.4 is 5.32 Å². The number of aromatic hydroxyl groups is 1. The quantitative estimate of drug-likeness (QED) is 0.722. The summed E-state index contributed by atoms with van der Waals surface area (Å²) in [5.74, 6) is -1.15. The van der Waals surface area contributed by atoms with Gasteiger partial charge in [-0.25, -0.2) is 0 Å². The van der Waals surface area contributed by atoms with E-state index in [0.29, 0.717) is 12.3 Å². The molecule has 0 aromatic heterocycles. The van der Waals surface area contributed by atoms with Crippen molar-refractivity contribution in [1.82, 2.24) is 5.32 Å². The fourth-order valence-corrected chi connectivity index (χ4v) is 2.38. The smallest absolute Gasteiger partial charge is 0.303 e. The third-order valence-electron chi connectivity index (χ3n) is 3.01. The van der Waals surface area contributed by atoms with E-state index in [1.807, 2.05) is 13.8 Å². The van der Waals surface area contributed by atoms with Crippen molar-refractivity contribution in [2.75, 3.05) is 6.54 Å². The van der Waals surface area contributed by atoms with Crippen LogP contribution >= 0.6 is 11.6 Å². The molecule has 3 N–H and O–H groups in total. The van der Waals surface area contributed by atoms with Gasteiger partial charge in [0, 0.05) is 13.0 Å². The number of hydrogen-bond acceptors (Lipinski definition) is 3. The molecule has 1 aromatic rings. The van der Waals surface area contributed by atoms with Gasteiger partial charge in [-0.05, 0) is 36.5 Å². The van der Waals surface area contributed by atoms with Crippen LogP contribution in [0.15, 0.2) is 18.2 Å². The Balaban J connectivity index is 2.68. The Kier molecular flexibility index (Phi) is 6.49. The highest BCUT2D eigenvalue weighted by Gasteiger charge is 2.17. The molecule has 21 heavy (non-hydrogen) atoms. The number of rotatable bonds is 7. The third-order valence-corrected chi connectivity index (χ3v) is 3.34. The van der Waals surface area contributed by atoms with E-state index in [1.54, 1.807) is 0 Å². The lowest BCUT2D eigenvalue weighted by atomic mass is 9.94. The zero-order valence-corrected chi connectivity index (χ0v) is 12.9. The van der Waals surface area contributed by atoms with Gasteiger partial charge in [0.15, 0.2) is 0 Å². The fraction of sp³-hybridized carbons (Fsp3) is 0.467. The van der Waals surface area contributed by atoms with Crippen molar-refractivity contribution in [2.45, 2.75) is 26.7 Å². The molecule has 1 atom stereocenters. The number of hydrogen-bond donors (Lipinski definition) is 3. The van der Waals surface area contributed by atoms with Crippen LogP contribution in [0.1, 0.15) is 37.0 Å². The minimum atomic E-state index is -0.884. The summed E-state index contributed by atoms with van der Waals surface area (Å²) in [6.45, 7) is 4.26. The molecular formula is C15H20ClNO4. The van der Waals surface area contributed by atoms with Crippen molar-refractivity contribution in [3.63, 3.8) is 0 Å². The van der Waals surface area contributed by atoms with Crippen molar-refractivity contribution in [3.8, 4) is 5.75 Å². The minimum Gasteiger partial charge on any atom is -0.508 e. The van der Waals surface area contributed by atoms with Crippen LogP contribution in [0.4, 0.5) is 0 Å². The first kappa shape index (κ1) is 17.3. The first-order valence-electron chi connectivity index (χ1n) is 6.78. The molecule has 0 radical (unpaired) electrons. The van der Waals surface area contributed by atoms with Crippen LogP contribution in [0, 0.1) is 11.8 Å². The summed E-state index contributed by atoms with van der Waals surface area (Å²) in [6, 6.07) is 4.12. The Bertz CT molecular complexity index is 516. The predicted molar refractivity (Wildman–Crippen MR) is 80.6 cm³/mol. The van der Waals surface area contributed by atoms with Gasteiger partial charge in [0.1, 0.15) is 5.75 Å². The molecule has 0 aliphatic carbocycles. The van der Waals surface area contributed by atoms with Crippen LogP contribution in [-0.4, -0.2) is 28.6 Å². The molecule has 0 fully saturated rings. The lowest BCUT2D eigenvalue weighted by molar-refractivity contribution is -0.138. The van der Waals surface area contributed by atoms with Gasteiger partial charge in [0.25, 0.3) is 5.91 Å². The van der Waals surface area contributed by atoms with E-state index >= 15 is 0 Å². The number of carboxylic acid groups (broad SMARTS) is 1. The molecule has 0 saturated heterocycles. The Morgan fingerprint density at radius 2 is 2.00 bits per heavy atom. The van der Waals surface area contributed by atoms with Gasteiger partial charge in [-0.2, -0.15) is 0 Å². The number of amides is 1. The highest BCUT2D eigenvalue weighted by molar-refractivity contribution is 6.33. The zero-order chi connectivity index (χ0) is 16.0. The molecular weight excluding hydrogens is 294 g/mol. The first-order chi connectivity index (χ1) is 9.79. The standard InChI is InChI=1S/C15H20ClNO4/c1-9(2)5-10(6-14(19)20)8-17-15(21)12-7-11(18)3-4-13(12)16/h3-4,7,9-10,18H,5-6,8H2,1-2H3,(H,17,21)(H,19,20). The number of halogens is 1. The summed E-state index contributed by atoms with van der Waals surface area (Å²) in [5, 5.41) is 21.2. The Morgan fingerprint density at radius 1 is 1.33 bits per heavy atom. The summed E-state index contributed by atoms with van der Waals surface area (Å²) in [4.78, 5) is 22.9. The Labute approximate surface area is 128 Å². The van der Waals surface area contributed by atoms with Crippen molar-refractivity contribution < 1.29 is 19.8 Å². The number of phenols is 1. The maximum atomic E-state index is 12.0. The van der Waals surface area contributed by atoms with Crippen LogP contribution in [0.3, 0.4) is 0 Å². The van der Waals surface area contributed by atoms with Gasteiger partial charge in [-0.3, -0.25) is 9.59 Å². The van der Waals surface area contributed by atoms with E-state index in [2.05, 4.69) is 5.32 Å². The second-order valence-corrected chi connectivity index (χ2v) is 5.87. The lowest BCUT2D eigenvalue weighted by Crippen LogP contribution is -2.31. The number of carbonyl (C=O) groups is 2. The van der Waals surface area contributed by atoms with E-state index in [9.17, 15) is 14.7 Å². The number of aliphatic carboxylic acids is 1. The van der Waals surface area contributed by atoms with Gasteiger partial charge in [-0.1, -0.05) is 25.4 Å². The zero-order valence-electron chi connectivity index (χ0n) is 12.1. The molecule has 0 aliphatic heterocycles. The van der Waals surface area contributed by atoms with Crippen LogP contribution in [0.2, 0.25) is 5.02 Å². The van der Waals surface area contributed by atoms with Gasteiger partial charge < -0.3 is 15.5 Å². The number of carbonyl (C=O) groups excluding carboxylic acids is 1. The normalized spacial score (nSPS) is 12.2. The molecule has 0 saturated carbocycles. The maximum Gasteiger partial charge on any atom is 0.303 e. The summed E-state index contributed by atoms with van der Waals surface area (Å²) >= 11 is 5.91. The highest BCUT2D eigenvalue weighted by atomic mass is 35.5. The molecule has 5 nitrogen and oxygen atoms in total. The molecule has 1 amide bonds. The molecule has 0 aliphatic rings. The average molecular weight is 314 g/mol. The molecule has 6 heteroatoms. The number of phenolic OH excluding ortho intramolecular Hbond substituents is 1. The molecule has 0 heterocycles. The van der Waals surface area contributed by atoms with E-state index in [4.69, 9.17) is 16.7 Å². The van der Waals surface area contributed by atoms with Crippen LogP contribution in [0.5, 0.6) is 5.75 Å².